The van der Waals surface area contributed by atoms with Gasteiger partial charge in [0.1, 0.15) is 11.6 Å². The van der Waals surface area contributed by atoms with Gasteiger partial charge in [0, 0.05) is 12.1 Å². The zero-order valence-corrected chi connectivity index (χ0v) is 9.80. The molecule has 0 saturated heterocycles. The van der Waals surface area contributed by atoms with Crippen molar-refractivity contribution in [3.05, 3.63) is 35.4 Å². The molecule has 0 radical (unpaired) electrons. The van der Waals surface area contributed by atoms with Crippen LogP contribution in [0.3, 0.4) is 0 Å². The van der Waals surface area contributed by atoms with Crippen molar-refractivity contribution >= 4 is 5.97 Å². The molecule has 1 unspecified atom stereocenters. The van der Waals surface area contributed by atoms with Gasteiger partial charge >= 0.3 is 5.97 Å². The predicted octanol–water partition coefficient (Wildman–Crippen LogP) is 1.65. The van der Waals surface area contributed by atoms with E-state index in [1.807, 2.05) is 0 Å². The average molecular weight is 243 g/mol. The molecule has 1 aromatic carbocycles. The minimum absolute atomic E-state index is 0.0482. The number of halogens is 2. The van der Waals surface area contributed by atoms with E-state index < -0.39 is 23.0 Å². The molecular weight excluding hydrogens is 228 g/mol. The molecule has 2 N–H and O–H groups in total. The number of hydrogen-bond acceptors (Lipinski definition) is 3. The Hall–Kier alpha value is -1.49. The van der Waals surface area contributed by atoms with Crippen LogP contribution in [0.4, 0.5) is 8.78 Å². The van der Waals surface area contributed by atoms with E-state index in [0.717, 1.165) is 12.1 Å². The highest BCUT2D eigenvalue weighted by atomic mass is 19.1. The van der Waals surface area contributed by atoms with E-state index in [4.69, 9.17) is 5.73 Å². The molecule has 0 aromatic heterocycles. The number of carbonyl (C=O) groups is 1. The number of ether oxygens (including phenoxy) is 1. The van der Waals surface area contributed by atoms with E-state index in [9.17, 15) is 13.6 Å². The molecule has 5 heteroatoms. The van der Waals surface area contributed by atoms with E-state index in [0.29, 0.717) is 0 Å². The van der Waals surface area contributed by atoms with Crippen molar-refractivity contribution in [1.82, 2.24) is 0 Å². The Labute approximate surface area is 98.6 Å². The van der Waals surface area contributed by atoms with E-state index in [-0.39, 0.29) is 18.5 Å². The second-order valence-corrected chi connectivity index (χ2v) is 4.13. The zero-order valence-electron chi connectivity index (χ0n) is 9.80. The van der Waals surface area contributed by atoms with Crippen LogP contribution < -0.4 is 5.73 Å². The molecular formula is C12H15F2NO2. The van der Waals surface area contributed by atoms with Gasteiger partial charge in [0.05, 0.1) is 12.5 Å². The summed E-state index contributed by atoms with van der Waals surface area (Å²) in [6.07, 6.45) is -0.130. The summed E-state index contributed by atoms with van der Waals surface area (Å²) in [5.41, 5.74) is 4.21. The monoisotopic (exact) mass is 243 g/mol. The lowest BCUT2D eigenvalue weighted by atomic mass is 9.83. The van der Waals surface area contributed by atoms with Crippen LogP contribution >= 0.6 is 0 Å². The van der Waals surface area contributed by atoms with Crippen LogP contribution in [0.15, 0.2) is 18.2 Å². The maximum absolute atomic E-state index is 13.5. The van der Waals surface area contributed by atoms with E-state index in [1.54, 1.807) is 0 Å². The molecule has 0 aliphatic carbocycles. The largest absolute Gasteiger partial charge is 0.469 e. The summed E-state index contributed by atoms with van der Waals surface area (Å²) in [5, 5.41) is 0. The van der Waals surface area contributed by atoms with Crippen molar-refractivity contribution in [3.8, 4) is 0 Å². The average Bonchev–Trinajstić information content (AvgIpc) is 2.32. The molecule has 1 rings (SSSR count). The number of rotatable bonds is 4. The third kappa shape index (κ3) is 2.79. The molecule has 3 nitrogen and oxygen atoms in total. The van der Waals surface area contributed by atoms with Gasteiger partial charge in [-0.25, -0.2) is 8.78 Å². The van der Waals surface area contributed by atoms with Crippen LogP contribution in [-0.4, -0.2) is 19.6 Å². The van der Waals surface area contributed by atoms with E-state index in [2.05, 4.69) is 4.74 Å². The lowest BCUT2D eigenvalue weighted by molar-refractivity contribution is -0.151. The summed E-state index contributed by atoms with van der Waals surface area (Å²) in [6, 6.07) is 3.56. The number of methoxy groups -OCH3 is 1. The molecule has 0 spiro atoms. The fourth-order valence-electron chi connectivity index (χ4n) is 1.57. The Morgan fingerprint density at radius 1 is 1.41 bits per heavy atom. The van der Waals surface area contributed by atoms with Gasteiger partial charge in [-0.2, -0.15) is 0 Å². The lowest BCUT2D eigenvalue weighted by Crippen LogP contribution is -2.39. The molecule has 1 atom stereocenters. The highest BCUT2D eigenvalue weighted by Gasteiger charge is 2.35. The minimum Gasteiger partial charge on any atom is -0.469 e. The molecule has 0 saturated carbocycles. The highest BCUT2D eigenvalue weighted by molar-refractivity contribution is 5.77. The van der Waals surface area contributed by atoms with Crippen LogP contribution in [-0.2, 0) is 16.0 Å². The van der Waals surface area contributed by atoms with Gasteiger partial charge in [0.25, 0.3) is 0 Å². The molecule has 1 aromatic rings. The first-order valence-corrected chi connectivity index (χ1v) is 5.16. The van der Waals surface area contributed by atoms with Gasteiger partial charge in [0.2, 0.25) is 0 Å². The maximum Gasteiger partial charge on any atom is 0.313 e. The second-order valence-electron chi connectivity index (χ2n) is 4.13. The quantitative estimate of drug-likeness (QED) is 0.818. The lowest BCUT2D eigenvalue weighted by Gasteiger charge is -2.25. The zero-order chi connectivity index (χ0) is 13.1. The Balaban J connectivity index is 3.07. The van der Waals surface area contributed by atoms with Gasteiger partial charge in [-0.1, -0.05) is 6.07 Å². The minimum atomic E-state index is -1.13. The third-order valence-corrected chi connectivity index (χ3v) is 2.76. The van der Waals surface area contributed by atoms with Crippen molar-refractivity contribution in [2.45, 2.75) is 13.3 Å². The number of esters is 1. The smallest absolute Gasteiger partial charge is 0.313 e. The summed E-state index contributed by atoms with van der Waals surface area (Å²) in [7, 11) is 1.22. The van der Waals surface area contributed by atoms with Gasteiger partial charge in [-0.15, -0.1) is 0 Å². The first-order chi connectivity index (χ1) is 7.94. The normalized spacial score (nSPS) is 14.2. The van der Waals surface area contributed by atoms with Crippen molar-refractivity contribution in [3.63, 3.8) is 0 Å². The van der Waals surface area contributed by atoms with Crippen LogP contribution in [0.5, 0.6) is 0 Å². The van der Waals surface area contributed by atoms with Gasteiger partial charge in [-0.05, 0) is 25.5 Å². The van der Waals surface area contributed by atoms with Crippen LogP contribution in [0.25, 0.3) is 0 Å². The standard InChI is InChI=1S/C12H15F2NO2/c1-12(7-15,11(16)17-2)6-8-9(13)4-3-5-10(8)14/h3-5H,6-7,15H2,1-2H3. The SMILES string of the molecule is COC(=O)C(C)(CN)Cc1c(F)cccc1F. The van der Waals surface area contributed by atoms with Crippen LogP contribution in [0.2, 0.25) is 0 Å². The first kappa shape index (κ1) is 13.6. The fourth-order valence-corrected chi connectivity index (χ4v) is 1.57. The van der Waals surface area contributed by atoms with Crippen molar-refractivity contribution in [2.75, 3.05) is 13.7 Å². The molecule has 0 aliphatic heterocycles. The van der Waals surface area contributed by atoms with Gasteiger partial charge in [-0.3, -0.25) is 4.79 Å². The summed E-state index contributed by atoms with van der Waals surface area (Å²) < 4.78 is 31.5. The first-order valence-electron chi connectivity index (χ1n) is 5.16. The summed E-state index contributed by atoms with van der Waals surface area (Å²) >= 11 is 0. The summed E-state index contributed by atoms with van der Waals surface area (Å²) in [6.45, 7) is 1.47. The molecule has 0 fully saturated rings. The van der Waals surface area contributed by atoms with E-state index >= 15 is 0 Å². The molecule has 0 amide bonds. The Morgan fingerprint density at radius 3 is 2.35 bits per heavy atom. The highest BCUT2D eigenvalue weighted by Crippen LogP contribution is 2.26. The summed E-state index contributed by atoms with van der Waals surface area (Å²) in [5.74, 6) is -1.95. The molecule has 0 bridgehead atoms. The van der Waals surface area contributed by atoms with Crippen LogP contribution in [0.1, 0.15) is 12.5 Å². The molecule has 94 valence electrons. The molecule has 0 heterocycles. The van der Waals surface area contributed by atoms with E-state index in [1.165, 1.54) is 20.1 Å². The van der Waals surface area contributed by atoms with Crippen molar-refractivity contribution in [2.24, 2.45) is 11.1 Å². The van der Waals surface area contributed by atoms with Crippen molar-refractivity contribution in [1.29, 1.82) is 0 Å². The third-order valence-electron chi connectivity index (χ3n) is 2.76. The fraction of sp³-hybridized carbons (Fsp3) is 0.417. The maximum atomic E-state index is 13.5. The number of carbonyl (C=O) groups excluding carboxylic acids is 1. The topological polar surface area (TPSA) is 52.3 Å². The Morgan fingerprint density at radius 2 is 1.94 bits per heavy atom. The van der Waals surface area contributed by atoms with Crippen LogP contribution in [0, 0.1) is 17.0 Å². The number of hydrogen-bond donors (Lipinski definition) is 1. The van der Waals surface area contributed by atoms with Crippen molar-refractivity contribution < 1.29 is 18.3 Å². The van der Waals surface area contributed by atoms with Gasteiger partial charge in [0.15, 0.2) is 0 Å². The van der Waals surface area contributed by atoms with Gasteiger partial charge < -0.3 is 10.5 Å². The summed E-state index contributed by atoms with van der Waals surface area (Å²) in [4.78, 5) is 11.5. The number of benzene rings is 1. The molecule has 17 heavy (non-hydrogen) atoms. The number of nitrogens with two attached hydrogens (primary N) is 1. The molecule has 0 aliphatic rings. The second kappa shape index (κ2) is 5.23. The predicted molar refractivity (Wildman–Crippen MR) is 59.2 cm³/mol. The Kier molecular flexibility index (Phi) is 4.17. The Bertz CT molecular complexity index is 403.